The predicted octanol–water partition coefficient (Wildman–Crippen LogP) is 14.6. The number of benzene rings is 2. The van der Waals surface area contributed by atoms with Gasteiger partial charge in [-0.3, -0.25) is 14.9 Å². The number of fused-ring (bicyclic) bond motifs is 3. The molecule has 2 aromatic carbocycles. The van der Waals surface area contributed by atoms with Gasteiger partial charge in [0.15, 0.2) is 11.6 Å². The highest BCUT2D eigenvalue weighted by atomic mass is 28.4. The van der Waals surface area contributed by atoms with E-state index >= 15 is 8.78 Å². The van der Waals surface area contributed by atoms with Crippen LogP contribution in [0.2, 0.25) is 33.2 Å². The van der Waals surface area contributed by atoms with E-state index in [1.54, 1.807) is 22.3 Å². The van der Waals surface area contributed by atoms with Gasteiger partial charge in [0.2, 0.25) is 0 Å². The van der Waals surface area contributed by atoms with Crippen molar-refractivity contribution in [3.63, 3.8) is 0 Å². The van der Waals surface area contributed by atoms with Crippen LogP contribution in [0.25, 0.3) is 32.9 Å². The normalized spacial score (nSPS) is 18.5. The van der Waals surface area contributed by atoms with Crippen LogP contribution in [0.3, 0.4) is 0 Å². The number of pyridine rings is 1. The lowest BCUT2D eigenvalue weighted by molar-refractivity contribution is 0.0232. The number of halogens is 2. The predicted molar refractivity (Wildman–Crippen MR) is 287 cm³/mol. The van der Waals surface area contributed by atoms with E-state index in [1.807, 2.05) is 32.9 Å². The molecule has 2 aromatic heterocycles. The number of carbonyl (C=O) groups excluding carboxylic acids is 1. The van der Waals surface area contributed by atoms with E-state index in [-0.39, 0.29) is 44.9 Å². The molecule has 3 aliphatic rings. The maximum atomic E-state index is 18.4. The van der Waals surface area contributed by atoms with Crippen molar-refractivity contribution < 1.29 is 27.5 Å². The smallest absolute Gasteiger partial charge is 0.429 e. The maximum absolute atomic E-state index is 18.4. The topological polar surface area (TPSA) is 93.2 Å². The van der Waals surface area contributed by atoms with Crippen LogP contribution in [0, 0.1) is 23.1 Å². The average Bonchev–Trinajstić information content (AvgIpc) is 3.67. The molecule has 14 heteroatoms. The molecule has 3 saturated heterocycles. The highest BCUT2D eigenvalue weighted by molar-refractivity contribution is 6.90. The summed E-state index contributed by atoms with van der Waals surface area (Å²) in [5, 5.41) is 4.79. The van der Waals surface area contributed by atoms with Crippen LogP contribution in [-0.2, 0) is 4.74 Å². The van der Waals surface area contributed by atoms with Crippen LogP contribution in [0.15, 0.2) is 42.6 Å². The van der Waals surface area contributed by atoms with Crippen molar-refractivity contribution in [3.05, 3.63) is 59.8 Å². The van der Waals surface area contributed by atoms with E-state index in [0.29, 0.717) is 69.6 Å². The minimum atomic E-state index is -2.55. The second-order valence-electron chi connectivity index (χ2n) is 23.3. The first kappa shape index (κ1) is 53.2. The fourth-order valence-corrected chi connectivity index (χ4v) is 23.2. The number of rotatable bonds is 13. The molecular weight excluding hydrogens is 915 g/mol. The first-order valence-electron chi connectivity index (χ1n) is 26.0. The van der Waals surface area contributed by atoms with E-state index in [2.05, 4.69) is 106 Å². The van der Waals surface area contributed by atoms with Gasteiger partial charge in [0.1, 0.15) is 43.1 Å². The maximum Gasteiger partial charge on any atom is 0.429 e. The van der Waals surface area contributed by atoms with Crippen LogP contribution in [-0.4, -0.2) is 91.3 Å². The molecule has 3 fully saturated rings. The summed E-state index contributed by atoms with van der Waals surface area (Å²) in [4.78, 5) is 31.3. The highest BCUT2D eigenvalue weighted by Gasteiger charge is 2.48. The SMILES string of the molecule is C=C1CN2CCCC2(COc2nc(N3CCCCCN3C(=O)OC(C)(C)C)c3cnc(-c4cc(O[Si](C(C)C)(C(C)C)C(C)C)cc5ccc(F)c(C#C[Si](C(C)C)(C(C)C)C(C)C)c45)c(F)c3n2)C1. The molecule has 5 heterocycles. The van der Waals surface area contributed by atoms with Crippen molar-refractivity contribution in [2.45, 2.75) is 187 Å². The van der Waals surface area contributed by atoms with Crippen molar-refractivity contribution in [3.8, 4) is 34.5 Å². The summed E-state index contributed by atoms with van der Waals surface area (Å²) in [5.74, 6) is 3.10. The summed E-state index contributed by atoms with van der Waals surface area (Å²) in [5.41, 5.74) is 6.10. The Balaban J connectivity index is 1.52. The molecule has 1 amide bonds. The molecule has 0 saturated carbocycles. The van der Waals surface area contributed by atoms with Crippen LogP contribution in [0.4, 0.5) is 19.4 Å². The van der Waals surface area contributed by atoms with Crippen LogP contribution in [0.1, 0.15) is 148 Å². The number of ether oxygens (including phenoxy) is 2. The highest BCUT2D eigenvalue weighted by Crippen LogP contribution is 2.47. The number of aromatic nitrogens is 3. The first-order valence-corrected chi connectivity index (χ1v) is 30.4. The van der Waals surface area contributed by atoms with Gasteiger partial charge in [0.05, 0.1) is 16.5 Å². The summed E-state index contributed by atoms with van der Waals surface area (Å²) < 4.78 is 55.2. The lowest BCUT2D eigenvalue weighted by Crippen LogP contribution is -2.50. The van der Waals surface area contributed by atoms with E-state index in [1.165, 1.54) is 6.07 Å². The summed E-state index contributed by atoms with van der Waals surface area (Å²) in [6, 6.07) is 7.01. The molecule has 1 unspecified atom stereocenters. The third kappa shape index (κ3) is 9.97. The van der Waals surface area contributed by atoms with E-state index < -0.39 is 39.7 Å². The van der Waals surface area contributed by atoms with E-state index in [4.69, 9.17) is 28.9 Å². The van der Waals surface area contributed by atoms with Gasteiger partial charge in [-0.15, -0.1) is 5.54 Å². The molecule has 70 heavy (non-hydrogen) atoms. The Morgan fingerprint density at radius 1 is 0.857 bits per heavy atom. The number of hydrogen-bond acceptors (Lipinski definition) is 9. The molecule has 0 bridgehead atoms. The number of carbonyl (C=O) groups is 1. The summed E-state index contributed by atoms with van der Waals surface area (Å²) in [7, 11) is -4.90. The summed E-state index contributed by atoms with van der Waals surface area (Å²) in [6.45, 7) is 39.5. The van der Waals surface area contributed by atoms with Gasteiger partial charge in [-0.25, -0.2) is 18.6 Å². The van der Waals surface area contributed by atoms with Gasteiger partial charge < -0.3 is 13.9 Å². The number of amides is 1. The number of hydrogen-bond donors (Lipinski definition) is 0. The lowest BCUT2D eigenvalue weighted by atomic mass is 9.94. The van der Waals surface area contributed by atoms with Gasteiger partial charge in [-0.05, 0) is 123 Å². The Bertz CT molecular complexity index is 2630. The molecule has 4 aromatic rings. The molecule has 0 spiro atoms. The summed E-state index contributed by atoms with van der Waals surface area (Å²) >= 11 is 0. The third-order valence-electron chi connectivity index (χ3n) is 15.8. The van der Waals surface area contributed by atoms with Gasteiger partial charge in [-0.2, -0.15) is 9.97 Å². The fraction of sp³-hybridized carbons (Fsp3) is 0.607. The zero-order chi connectivity index (χ0) is 51.2. The van der Waals surface area contributed by atoms with E-state index in [9.17, 15) is 4.79 Å². The molecular formula is C56H80F2N6O4Si2. The van der Waals surface area contributed by atoms with Crippen LogP contribution in [0.5, 0.6) is 11.8 Å². The Morgan fingerprint density at radius 3 is 2.14 bits per heavy atom. The number of nitrogens with zero attached hydrogens (tertiary/aromatic N) is 6. The first-order chi connectivity index (χ1) is 32.9. The van der Waals surface area contributed by atoms with Crippen LogP contribution < -0.4 is 14.2 Å². The van der Waals surface area contributed by atoms with Gasteiger partial charge in [0, 0.05) is 36.8 Å². The van der Waals surface area contributed by atoms with Crippen molar-refractivity contribution in [1.82, 2.24) is 24.9 Å². The Morgan fingerprint density at radius 2 is 1.51 bits per heavy atom. The van der Waals surface area contributed by atoms with Crippen molar-refractivity contribution in [2.75, 3.05) is 37.8 Å². The van der Waals surface area contributed by atoms with Crippen LogP contribution >= 0.6 is 0 Å². The molecule has 380 valence electrons. The average molecular weight is 995 g/mol. The molecule has 10 nitrogen and oxygen atoms in total. The van der Waals surface area contributed by atoms with Crippen molar-refractivity contribution in [2.24, 2.45) is 0 Å². The lowest BCUT2D eigenvalue weighted by Gasteiger charge is -2.42. The molecule has 0 N–H and O–H groups in total. The zero-order valence-electron chi connectivity index (χ0n) is 44.9. The Kier molecular flexibility index (Phi) is 15.6. The second kappa shape index (κ2) is 20.5. The van der Waals surface area contributed by atoms with Gasteiger partial charge in [0.25, 0.3) is 8.32 Å². The number of anilines is 1. The van der Waals surface area contributed by atoms with E-state index in [0.717, 1.165) is 57.2 Å². The Labute approximate surface area is 419 Å². The minimum absolute atomic E-state index is 0.0100. The van der Waals surface area contributed by atoms with Gasteiger partial charge in [-0.1, -0.05) is 107 Å². The quantitative estimate of drug-likeness (QED) is 0.0737. The monoisotopic (exact) mass is 995 g/mol. The third-order valence-corrected chi connectivity index (χ3v) is 28.1. The molecule has 0 aliphatic carbocycles. The minimum Gasteiger partial charge on any atom is -0.543 e. The number of hydrazine groups is 1. The Hall–Kier alpha value is -4.59. The van der Waals surface area contributed by atoms with Gasteiger partial charge >= 0.3 is 12.1 Å². The zero-order valence-corrected chi connectivity index (χ0v) is 46.9. The fourth-order valence-electron chi connectivity index (χ4n) is 12.7. The standard InChI is InChI=1S/C56H80F2N6O4Si2/c1-35(2)69(36(3)4,37(5)6)28-23-44-47(57)22-21-42-29-43(68-70(38(7)8,39(9)10)40(11)12)30-45(48(42)44)50-49(58)51-46(32-59-50)52(63-26-18-17-19-27-64(63)54(65)67-55(14,15)16)61-53(60-51)66-34-56-24-20-25-62(56)33-41(13)31-56/h21-22,29-30,32,35-40H,13,17-20,24-27,31,33-34H2,1-12,14-16H3. The summed E-state index contributed by atoms with van der Waals surface area (Å²) in [6.07, 6.45) is 6.20. The molecule has 0 radical (unpaired) electrons. The van der Waals surface area contributed by atoms with Crippen molar-refractivity contribution in [1.29, 1.82) is 0 Å². The molecule has 1 atom stereocenters. The molecule has 3 aliphatic heterocycles. The molecule has 7 rings (SSSR count). The second-order valence-corrected chi connectivity index (χ2v) is 34.3. The largest absolute Gasteiger partial charge is 0.543 e. The van der Waals surface area contributed by atoms with Crippen molar-refractivity contribution >= 4 is 50.0 Å².